The molecule has 0 amide bonds. The van der Waals surface area contributed by atoms with Gasteiger partial charge >= 0.3 is 0 Å². The van der Waals surface area contributed by atoms with Crippen LogP contribution in [0.2, 0.25) is 5.02 Å². The van der Waals surface area contributed by atoms with Crippen molar-refractivity contribution in [2.45, 2.75) is 12.5 Å². The minimum atomic E-state index is 0.0878. The van der Waals surface area contributed by atoms with Gasteiger partial charge in [0, 0.05) is 22.6 Å². The van der Waals surface area contributed by atoms with E-state index < -0.39 is 0 Å². The van der Waals surface area contributed by atoms with Gasteiger partial charge in [0.2, 0.25) is 0 Å². The molecule has 19 heavy (non-hydrogen) atoms. The largest absolute Gasteiger partial charge is 0.397 e. The van der Waals surface area contributed by atoms with Gasteiger partial charge in [-0.15, -0.1) is 11.8 Å². The highest BCUT2D eigenvalue weighted by molar-refractivity contribution is 8.14. The number of halogens is 1. The molecule has 0 spiro atoms. The van der Waals surface area contributed by atoms with E-state index in [4.69, 9.17) is 17.3 Å². The Balaban J connectivity index is 2.00. The molecular weight excluding hydrogens is 282 g/mol. The Bertz CT molecular complexity index is 680. The van der Waals surface area contributed by atoms with Crippen LogP contribution in [0.25, 0.3) is 10.9 Å². The minimum Gasteiger partial charge on any atom is -0.397 e. The summed E-state index contributed by atoms with van der Waals surface area (Å²) in [4.78, 5) is 18.3. The molecule has 1 aromatic carbocycles. The molecule has 98 valence electrons. The second-order valence-electron chi connectivity index (χ2n) is 4.44. The number of aldehydes is 1. The number of aliphatic imine (C=N–C) groups is 1. The fourth-order valence-corrected chi connectivity index (χ4v) is 3.43. The van der Waals surface area contributed by atoms with Gasteiger partial charge in [0.15, 0.2) is 0 Å². The van der Waals surface area contributed by atoms with Crippen LogP contribution in [-0.4, -0.2) is 28.1 Å². The lowest BCUT2D eigenvalue weighted by Crippen LogP contribution is -2.03. The number of nitrogen functional groups attached to an aromatic ring is 1. The number of carbonyl (C=O) groups is 1. The summed E-state index contributed by atoms with van der Waals surface area (Å²) in [6.45, 7) is 0. The normalized spacial score (nSPS) is 18.8. The molecule has 0 aliphatic carbocycles. The van der Waals surface area contributed by atoms with Crippen LogP contribution in [0, 0.1) is 0 Å². The summed E-state index contributed by atoms with van der Waals surface area (Å²) in [7, 11) is 0. The lowest BCUT2D eigenvalue weighted by atomic mass is 10.2. The van der Waals surface area contributed by atoms with Gasteiger partial charge in [0.05, 0.1) is 22.9 Å². The van der Waals surface area contributed by atoms with E-state index in [0.29, 0.717) is 17.1 Å². The lowest BCUT2D eigenvalue weighted by Gasteiger charge is -1.97. The standard InChI is InChI=1S/C13H12ClN3OS/c14-8-3-7-4-11(17-12(7)10(15)5-8)13-16-9(1-2-18)6-19-13/h2-5,9,17H,1,6,15H2. The van der Waals surface area contributed by atoms with Crippen LogP contribution in [-0.2, 0) is 4.79 Å². The molecule has 0 fully saturated rings. The molecule has 2 heterocycles. The van der Waals surface area contributed by atoms with E-state index >= 15 is 0 Å². The van der Waals surface area contributed by atoms with Crippen LogP contribution in [0.15, 0.2) is 23.2 Å². The van der Waals surface area contributed by atoms with Gasteiger partial charge in [-0.25, -0.2) is 0 Å². The van der Waals surface area contributed by atoms with Crippen molar-refractivity contribution in [3.63, 3.8) is 0 Å². The minimum absolute atomic E-state index is 0.0878. The fourth-order valence-electron chi connectivity index (χ4n) is 2.14. The van der Waals surface area contributed by atoms with Crippen molar-refractivity contribution in [2.24, 2.45) is 4.99 Å². The molecule has 3 N–H and O–H groups in total. The summed E-state index contributed by atoms with van der Waals surface area (Å²) in [5, 5.41) is 2.52. The van der Waals surface area contributed by atoms with Crippen molar-refractivity contribution >= 4 is 51.3 Å². The number of nitrogens with one attached hydrogen (secondary N) is 1. The predicted molar refractivity (Wildman–Crippen MR) is 81.2 cm³/mol. The fraction of sp³-hybridized carbons (Fsp3) is 0.231. The number of benzene rings is 1. The summed E-state index contributed by atoms with van der Waals surface area (Å²) in [6, 6.07) is 5.68. The van der Waals surface area contributed by atoms with Gasteiger partial charge < -0.3 is 15.5 Å². The van der Waals surface area contributed by atoms with Gasteiger partial charge in [-0.05, 0) is 18.2 Å². The van der Waals surface area contributed by atoms with Gasteiger partial charge in [0.1, 0.15) is 11.3 Å². The number of hydrogen-bond acceptors (Lipinski definition) is 4. The second-order valence-corrected chi connectivity index (χ2v) is 5.89. The number of hydrogen-bond donors (Lipinski definition) is 2. The highest BCUT2D eigenvalue weighted by Gasteiger charge is 2.20. The third kappa shape index (κ3) is 2.35. The molecule has 0 saturated heterocycles. The number of carbonyl (C=O) groups excluding carboxylic acids is 1. The summed E-state index contributed by atoms with van der Waals surface area (Å²) >= 11 is 7.64. The number of aromatic nitrogens is 1. The van der Waals surface area contributed by atoms with Crippen LogP contribution < -0.4 is 5.73 Å². The topological polar surface area (TPSA) is 71.2 Å². The van der Waals surface area contributed by atoms with E-state index in [1.165, 1.54) is 0 Å². The van der Waals surface area contributed by atoms with E-state index in [1.54, 1.807) is 17.8 Å². The molecule has 4 nitrogen and oxygen atoms in total. The number of thioether (sulfide) groups is 1. The molecule has 1 unspecified atom stereocenters. The second kappa shape index (κ2) is 4.90. The number of anilines is 1. The Labute approximate surface area is 119 Å². The lowest BCUT2D eigenvalue weighted by molar-refractivity contribution is -0.108. The van der Waals surface area contributed by atoms with Crippen molar-refractivity contribution < 1.29 is 4.79 Å². The molecule has 1 aromatic heterocycles. The summed E-state index contributed by atoms with van der Waals surface area (Å²) in [5.74, 6) is 0.847. The number of nitrogens with two attached hydrogens (primary N) is 1. The van der Waals surface area contributed by atoms with Crippen molar-refractivity contribution in [1.82, 2.24) is 4.98 Å². The number of aromatic amines is 1. The Morgan fingerprint density at radius 1 is 1.53 bits per heavy atom. The van der Waals surface area contributed by atoms with Crippen molar-refractivity contribution in [2.75, 3.05) is 11.5 Å². The van der Waals surface area contributed by atoms with Gasteiger partial charge in [-0.2, -0.15) is 0 Å². The third-order valence-corrected chi connectivity index (χ3v) is 4.40. The summed E-state index contributed by atoms with van der Waals surface area (Å²) in [5.41, 5.74) is 8.37. The van der Waals surface area contributed by atoms with Gasteiger partial charge in [0.25, 0.3) is 0 Å². The number of nitrogens with zero attached hydrogens (tertiary/aromatic N) is 1. The van der Waals surface area contributed by atoms with Crippen LogP contribution in [0.5, 0.6) is 0 Å². The van der Waals surface area contributed by atoms with Crippen LogP contribution in [0.1, 0.15) is 12.1 Å². The van der Waals surface area contributed by atoms with Crippen molar-refractivity contribution in [1.29, 1.82) is 0 Å². The SMILES string of the molecule is Nc1cc(Cl)cc2cc(C3=NC(CC=O)CS3)[nH]c12. The smallest absolute Gasteiger partial charge is 0.122 e. The zero-order valence-corrected chi connectivity index (χ0v) is 11.6. The molecule has 0 saturated carbocycles. The number of fused-ring (bicyclic) bond motifs is 1. The Hall–Kier alpha value is -1.46. The maximum Gasteiger partial charge on any atom is 0.122 e. The number of H-pyrrole nitrogens is 1. The average Bonchev–Trinajstić information content (AvgIpc) is 2.95. The predicted octanol–water partition coefficient (Wildman–Crippen LogP) is 2.85. The van der Waals surface area contributed by atoms with E-state index in [2.05, 4.69) is 9.98 Å². The Kier molecular flexibility index (Phi) is 3.24. The first kappa shape index (κ1) is 12.6. The Morgan fingerprint density at radius 3 is 3.16 bits per heavy atom. The first-order valence-electron chi connectivity index (χ1n) is 5.89. The Morgan fingerprint density at radius 2 is 2.37 bits per heavy atom. The maximum absolute atomic E-state index is 10.5. The highest BCUT2D eigenvalue weighted by atomic mass is 35.5. The molecule has 2 aromatic rings. The van der Waals surface area contributed by atoms with Gasteiger partial charge in [-0.1, -0.05) is 11.6 Å². The van der Waals surface area contributed by atoms with E-state index in [1.807, 2.05) is 12.1 Å². The summed E-state index contributed by atoms with van der Waals surface area (Å²) < 4.78 is 0. The molecule has 1 aliphatic heterocycles. The zero-order chi connectivity index (χ0) is 13.4. The van der Waals surface area contributed by atoms with Crippen molar-refractivity contribution in [3.8, 4) is 0 Å². The monoisotopic (exact) mass is 293 g/mol. The van der Waals surface area contributed by atoms with E-state index in [-0.39, 0.29) is 6.04 Å². The van der Waals surface area contributed by atoms with Crippen LogP contribution >= 0.6 is 23.4 Å². The quantitative estimate of drug-likeness (QED) is 0.675. The van der Waals surface area contributed by atoms with Crippen LogP contribution in [0.3, 0.4) is 0 Å². The van der Waals surface area contributed by atoms with E-state index in [0.717, 1.165) is 33.7 Å². The first-order chi connectivity index (χ1) is 9.17. The van der Waals surface area contributed by atoms with Gasteiger partial charge in [-0.3, -0.25) is 4.99 Å². The molecule has 0 bridgehead atoms. The highest BCUT2D eigenvalue weighted by Crippen LogP contribution is 2.30. The molecule has 1 aliphatic rings. The molecule has 1 atom stereocenters. The average molecular weight is 294 g/mol. The number of rotatable bonds is 3. The molecular formula is C13H12ClN3OS. The molecule has 6 heteroatoms. The zero-order valence-electron chi connectivity index (χ0n) is 10.0. The maximum atomic E-state index is 10.5. The first-order valence-corrected chi connectivity index (χ1v) is 7.26. The third-order valence-electron chi connectivity index (χ3n) is 3.03. The van der Waals surface area contributed by atoms with Crippen LogP contribution in [0.4, 0.5) is 5.69 Å². The molecule has 3 rings (SSSR count). The molecule has 0 radical (unpaired) electrons. The van der Waals surface area contributed by atoms with Crippen molar-refractivity contribution in [3.05, 3.63) is 28.9 Å². The summed E-state index contributed by atoms with van der Waals surface area (Å²) in [6.07, 6.45) is 1.39. The van der Waals surface area contributed by atoms with E-state index in [9.17, 15) is 4.79 Å².